The van der Waals surface area contributed by atoms with E-state index in [9.17, 15) is 4.79 Å². The summed E-state index contributed by atoms with van der Waals surface area (Å²) < 4.78 is 1.81. The summed E-state index contributed by atoms with van der Waals surface area (Å²) in [7, 11) is 1.82. The number of nitrogens with two attached hydrogens (primary N) is 1. The van der Waals surface area contributed by atoms with Gasteiger partial charge in [-0.05, 0) is 42.5 Å². The van der Waals surface area contributed by atoms with E-state index in [4.69, 9.17) is 45.6 Å². The standard InChI is InChI=1S/C15H11Cl2N3O2.C5H5ClN2/c1-20-12-6-5-8(14(21)22)7-11(12)18-15(20)19-13-9(16)3-2-4-10(13)17;6-4-1-2-8-5(7)3-4/h2-7H,1H3,(H,18,19)(H,21,22);1-3H,(H2,7,8). The van der Waals surface area contributed by atoms with Gasteiger partial charge in [0.15, 0.2) is 0 Å². The molecule has 0 aliphatic rings. The van der Waals surface area contributed by atoms with Crippen LogP contribution in [0.15, 0.2) is 54.7 Å². The number of anilines is 3. The van der Waals surface area contributed by atoms with E-state index >= 15 is 0 Å². The van der Waals surface area contributed by atoms with Gasteiger partial charge in [-0.2, -0.15) is 0 Å². The van der Waals surface area contributed by atoms with Crippen LogP contribution >= 0.6 is 34.8 Å². The van der Waals surface area contributed by atoms with Crippen molar-refractivity contribution in [1.82, 2.24) is 14.5 Å². The normalized spacial score (nSPS) is 10.4. The molecule has 4 N–H and O–H groups in total. The first kappa shape index (κ1) is 21.7. The summed E-state index contributed by atoms with van der Waals surface area (Å²) in [6.45, 7) is 0. The number of fused-ring (bicyclic) bond motifs is 1. The van der Waals surface area contributed by atoms with Gasteiger partial charge in [0, 0.05) is 18.3 Å². The summed E-state index contributed by atoms with van der Waals surface area (Å²) in [5.74, 6) is -0.0127. The first-order valence-electron chi connectivity index (χ1n) is 8.54. The molecule has 7 nitrogen and oxygen atoms in total. The van der Waals surface area contributed by atoms with E-state index in [1.807, 2.05) is 7.05 Å². The van der Waals surface area contributed by atoms with Crippen molar-refractivity contribution < 1.29 is 9.90 Å². The Hall–Kier alpha value is -3.00. The fourth-order valence-electron chi connectivity index (χ4n) is 2.59. The molecule has 4 rings (SSSR count). The number of hydrogen-bond donors (Lipinski definition) is 3. The fourth-order valence-corrected chi connectivity index (χ4v) is 3.25. The van der Waals surface area contributed by atoms with Crippen molar-refractivity contribution in [3.63, 3.8) is 0 Å². The number of imidazole rings is 1. The van der Waals surface area contributed by atoms with Gasteiger partial charge in [0.25, 0.3) is 0 Å². The van der Waals surface area contributed by atoms with E-state index in [-0.39, 0.29) is 5.56 Å². The highest BCUT2D eigenvalue weighted by molar-refractivity contribution is 6.39. The lowest BCUT2D eigenvalue weighted by atomic mass is 10.2. The predicted octanol–water partition coefficient (Wildman–Crippen LogP) is 5.64. The fraction of sp³-hybridized carbons (Fsp3) is 0.0500. The molecule has 0 radical (unpaired) electrons. The molecule has 0 aliphatic heterocycles. The highest BCUT2D eigenvalue weighted by Gasteiger charge is 2.13. The maximum absolute atomic E-state index is 11.0. The Kier molecular flexibility index (Phi) is 6.66. The van der Waals surface area contributed by atoms with Gasteiger partial charge in [-0.15, -0.1) is 0 Å². The maximum Gasteiger partial charge on any atom is 0.335 e. The van der Waals surface area contributed by atoms with Crippen molar-refractivity contribution in [2.45, 2.75) is 0 Å². The summed E-state index contributed by atoms with van der Waals surface area (Å²) in [5, 5.41) is 13.7. The Morgan fingerprint density at radius 2 is 1.80 bits per heavy atom. The third kappa shape index (κ3) is 4.94. The molecular weight excluding hydrogens is 449 g/mol. The predicted molar refractivity (Wildman–Crippen MR) is 121 cm³/mol. The van der Waals surface area contributed by atoms with Gasteiger partial charge in [-0.1, -0.05) is 40.9 Å². The van der Waals surface area contributed by atoms with Crippen molar-refractivity contribution in [3.8, 4) is 0 Å². The minimum absolute atomic E-state index is 0.188. The quantitative estimate of drug-likeness (QED) is 0.362. The smallest absolute Gasteiger partial charge is 0.335 e. The zero-order valence-electron chi connectivity index (χ0n) is 15.6. The van der Waals surface area contributed by atoms with Crippen molar-refractivity contribution in [3.05, 3.63) is 75.4 Å². The second-order valence-electron chi connectivity index (χ2n) is 6.12. The Labute approximate surface area is 187 Å². The number of aromatic nitrogens is 3. The van der Waals surface area contributed by atoms with Crippen molar-refractivity contribution in [1.29, 1.82) is 0 Å². The van der Waals surface area contributed by atoms with Crippen molar-refractivity contribution in [2.24, 2.45) is 7.05 Å². The van der Waals surface area contributed by atoms with Crippen LogP contribution in [0.25, 0.3) is 11.0 Å². The zero-order valence-corrected chi connectivity index (χ0v) is 17.9. The Balaban J connectivity index is 0.000000269. The van der Waals surface area contributed by atoms with E-state index in [2.05, 4.69) is 15.3 Å². The highest BCUT2D eigenvalue weighted by atomic mass is 35.5. The lowest BCUT2D eigenvalue weighted by Crippen LogP contribution is -2.00. The Morgan fingerprint density at radius 3 is 2.37 bits per heavy atom. The van der Waals surface area contributed by atoms with Gasteiger partial charge in [-0.25, -0.2) is 14.8 Å². The van der Waals surface area contributed by atoms with Gasteiger partial charge in [0.05, 0.1) is 32.3 Å². The van der Waals surface area contributed by atoms with E-state index < -0.39 is 5.97 Å². The van der Waals surface area contributed by atoms with E-state index in [0.717, 1.165) is 5.52 Å². The summed E-state index contributed by atoms with van der Waals surface area (Å²) in [5.41, 5.74) is 7.39. The third-order valence-corrected chi connectivity index (χ3v) is 4.94. The maximum atomic E-state index is 11.0. The number of carbonyl (C=O) groups is 1. The average Bonchev–Trinajstić information content (AvgIpc) is 3.00. The molecule has 0 unspecified atom stereocenters. The Bertz CT molecular complexity index is 1190. The molecule has 0 bridgehead atoms. The van der Waals surface area contributed by atoms with Crippen LogP contribution in [0.5, 0.6) is 0 Å². The largest absolute Gasteiger partial charge is 0.478 e. The number of rotatable bonds is 3. The topological polar surface area (TPSA) is 106 Å². The first-order valence-corrected chi connectivity index (χ1v) is 9.67. The van der Waals surface area contributed by atoms with Crippen LogP contribution in [-0.4, -0.2) is 25.6 Å². The minimum atomic E-state index is -0.990. The summed E-state index contributed by atoms with van der Waals surface area (Å²) in [6, 6.07) is 13.3. The number of aromatic carboxylic acids is 1. The molecule has 0 spiro atoms. The van der Waals surface area contributed by atoms with Crippen LogP contribution in [0.3, 0.4) is 0 Å². The summed E-state index contributed by atoms with van der Waals surface area (Å²) in [4.78, 5) is 19.2. The average molecular weight is 465 g/mol. The van der Waals surface area contributed by atoms with E-state index in [0.29, 0.717) is 38.0 Å². The molecule has 0 saturated carbocycles. The van der Waals surface area contributed by atoms with Gasteiger partial charge in [0.1, 0.15) is 5.82 Å². The number of hydrogen-bond acceptors (Lipinski definition) is 5. The molecule has 0 aliphatic carbocycles. The number of aryl methyl sites for hydroxylation is 1. The number of nitrogens with zero attached hydrogens (tertiary/aromatic N) is 3. The molecule has 0 amide bonds. The molecule has 2 aromatic carbocycles. The van der Waals surface area contributed by atoms with Crippen LogP contribution in [0.2, 0.25) is 15.1 Å². The number of halogens is 3. The molecule has 10 heteroatoms. The number of pyridine rings is 1. The molecule has 154 valence electrons. The van der Waals surface area contributed by atoms with Gasteiger partial charge in [-0.3, -0.25) is 0 Å². The second-order valence-corrected chi connectivity index (χ2v) is 7.37. The molecular formula is C20H16Cl3N5O2. The van der Waals surface area contributed by atoms with Crippen molar-refractivity contribution >= 4 is 69.3 Å². The van der Waals surface area contributed by atoms with Crippen LogP contribution in [0.4, 0.5) is 17.5 Å². The van der Waals surface area contributed by atoms with Gasteiger partial charge in [0.2, 0.25) is 5.95 Å². The first-order chi connectivity index (χ1) is 14.3. The molecule has 30 heavy (non-hydrogen) atoms. The second kappa shape index (κ2) is 9.21. The lowest BCUT2D eigenvalue weighted by molar-refractivity contribution is 0.0697. The minimum Gasteiger partial charge on any atom is -0.478 e. The number of carboxylic acid groups (broad SMARTS) is 1. The molecule has 4 aromatic rings. The number of nitrogens with one attached hydrogen (secondary N) is 1. The zero-order chi connectivity index (χ0) is 21.8. The lowest BCUT2D eigenvalue weighted by Gasteiger charge is -2.09. The molecule has 2 aromatic heterocycles. The van der Waals surface area contributed by atoms with Crippen molar-refractivity contribution in [2.75, 3.05) is 11.1 Å². The number of carboxylic acids is 1. The van der Waals surface area contributed by atoms with Crippen LogP contribution in [0, 0.1) is 0 Å². The van der Waals surface area contributed by atoms with Gasteiger partial charge < -0.3 is 20.7 Å². The summed E-state index contributed by atoms with van der Waals surface area (Å²) >= 11 is 17.8. The SMILES string of the molecule is Cn1c(Nc2c(Cl)cccc2Cl)nc2cc(C(=O)O)ccc21.Nc1cc(Cl)ccn1. The number of benzene rings is 2. The van der Waals surface area contributed by atoms with Crippen LogP contribution in [0.1, 0.15) is 10.4 Å². The monoisotopic (exact) mass is 463 g/mol. The van der Waals surface area contributed by atoms with E-state index in [1.165, 1.54) is 6.07 Å². The van der Waals surface area contributed by atoms with Gasteiger partial charge >= 0.3 is 5.97 Å². The third-order valence-electron chi connectivity index (χ3n) is 4.07. The highest BCUT2D eigenvalue weighted by Crippen LogP contribution is 2.33. The molecule has 0 fully saturated rings. The number of para-hydroxylation sites is 1. The molecule has 0 saturated heterocycles. The molecule has 0 atom stereocenters. The van der Waals surface area contributed by atoms with E-state index in [1.54, 1.807) is 53.2 Å². The molecule has 2 heterocycles. The van der Waals surface area contributed by atoms with Crippen LogP contribution < -0.4 is 11.1 Å². The Morgan fingerprint density at radius 1 is 1.10 bits per heavy atom. The van der Waals surface area contributed by atoms with Crippen LogP contribution in [-0.2, 0) is 7.05 Å². The number of nitrogen functional groups attached to an aromatic ring is 1. The summed E-state index contributed by atoms with van der Waals surface area (Å²) in [6.07, 6.45) is 1.57.